The first-order valence-electron chi connectivity index (χ1n) is 9.55. The van der Waals surface area contributed by atoms with Gasteiger partial charge in [-0.1, -0.05) is 30.3 Å². The molecular weight excluding hydrogens is 401 g/mol. The number of amides is 2. The van der Waals surface area contributed by atoms with Gasteiger partial charge in [-0.3, -0.25) is 14.5 Å². The molecule has 0 spiro atoms. The number of rotatable bonds is 4. The van der Waals surface area contributed by atoms with Crippen LogP contribution in [0.15, 0.2) is 60.0 Å². The lowest BCUT2D eigenvalue weighted by Gasteiger charge is -2.20. The largest absolute Gasteiger partial charge is 0.305 e. The van der Waals surface area contributed by atoms with E-state index in [-0.39, 0.29) is 23.5 Å². The van der Waals surface area contributed by atoms with Crippen molar-refractivity contribution >= 4 is 45.7 Å². The van der Waals surface area contributed by atoms with Crippen molar-refractivity contribution in [3.8, 4) is 0 Å². The highest BCUT2D eigenvalue weighted by molar-refractivity contribution is 7.14. The number of hydrogen-bond acceptors (Lipinski definition) is 4. The summed E-state index contributed by atoms with van der Waals surface area (Å²) in [6.07, 6.45) is 3.93. The zero-order chi connectivity index (χ0) is 21.3. The van der Waals surface area contributed by atoms with Gasteiger partial charge in [-0.05, 0) is 43.2 Å². The Morgan fingerprint density at radius 3 is 2.70 bits per heavy atom. The molecule has 3 aromatic rings. The molecule has 0 radical (unpaired) electrons. The van der Waals surface area contributed by atoms with Gasteiger partial charge in [0.25, 0.3) is 5.91 Å². The zero-order valence-corrected chi connectivity index (χ0v) is 17.4. The molecule has 0 bridgehead atoms. The minimum Gasteiger partial charge on any atom is -0.305 e. The average Bonchev–Trinajstić information content (AvgIpc) is 3.31. The number of halogens is 1. The lowest BCUT2D eigenvalue weighted by molar-refractivity contribution is -0.116. The third-order valence-electron chi connectivity index (χ3n) is 4.95. The molecule has 2 aromatic carbocycles. The summed E-state index contributed by atoms with van der Waals surface area (Å²) in [5.41, 5.74) is 2.77. The van der Waals surface area contributed by atoms with Crippen LogP contribution < -0.4 is 9.80 Å². The standard InChI is InChI=1S/C23H20FN3O2S/c1-15-13-17-7-3-5-9-20(17)26(15)22(29)12-11-18-14-30-23(25-18)27(16(2)28)21-10-6-4-8-19(21)24/h3-12,14-15H,13H2,1-2H3/b12-11+. The Hall–Kier alpha value is -3.32. The molecule has 152 valence electrons. The zero-order valence-electron chi connectivity index (χ0n) is 16.6. The van der Waals surface area contributed by atoms with Crippen molar-refractivity contribution in [3.63, 3.8) is 0 Å². The Balaban J connectivity index is 1.56. The molecule has 7 heteroatoms. The van der Waals surface area contributed by atoms with Crippen LogP contribution in [0.1, 0.15) is 25.1 Å². The Morgan fingerprint density at radius 2 is 1.93 bits per heavy atom. The van der Waals surface area contributed by atoms with Crippen molar-refractivity contribution in [2.75, 3.05) is 9.80 Å². The second-order valence-electron chi connectivity index (χ2n) is 7.08. The number of anilines is 3. The molecule has 5 nitrogen and oxygen atoms in total. The van der Waals surface area contributed by atoms with E-state index in [1.807, 2.05) is 31.2 Å². The van der Waals surface area contributed by atoms with Gasteiger partial charge in [0.05, 0.1) is 11.4 Å². The number of carbonyl (C=O) groups is 2. The molecule has 1 aromatic heterocycles. The summed E-state index contributed by atoms with van der Waals surface area (Å²) in [6.45, 7) is 3.38. The van der Waals surface area contributed by atoms with Gasteiger partial charge in [-0.2, -0.15) is 0 Å². The second kappa shape index (κ2) is 8.20. The molecule has 2 amide bonds. The van der Waals surface area contributed by atoms with E-state index >= 15 is 0 Å². The van der Waals surface area contributed by atoms with Crippen molar-refractivity contribution in [1.82, 2.24) is 4.98 Å². The maximum Gasteiger partial charge on any atom is 0.251 e. The van der Waals surface area contributed by atoms with Crippen molar-refractivity contribution in [3.05, 3.63) is 77.1 Å². The SMILES string of the molecule is CC(=O)N(c1nc(/C=C/C(=O)N2c3ccccc3CC2C)cs1)c1ccccc1F. The van der Waals surface area contributed by atoms with Crippen LogP contribution in [0.3, 0.4) is 0 Å². The van der Waals surface area contributed by atoms with Gasteiger partial charge in [0, 0.05) is 30.1 Å². The monoisotopic (exact) mass is 421 g/mol. The van der Waals surface area contributed by atoms with Crippen molar-refractivity contribution in [2.45, 2.75) is 26.3 Å². The number of aromatic nitrogens is 1. The third kappa shape index (κ3) is 3.76. The fourth-order valence-electron chi connectivity index (χ4n) is 3.63. The second-order valence-corrected chi connectivity index (χ2v) is 7.92. The van der Waals surface area contributed by atoms with Crippen LogP contribution in [-0.4, -0.2) is 22.8 Å². The number of thiazole rings is 1. The highest BCUT2D eigenvalue weighted by atomic mass is 32.1. The summed E-state index contributed by atoms with van der Waals surface area (Å²) < 4.78 is 14.2. The fraction of sp³-hybridized carbons (Fsp3) is 0.174. The molecule has 0 saturated heterocycles. The number of benzene rings is 2. The molecule has 1 aliphatic rings. The summed E-state index contributed by atoms with van der Waals surface area (Å²) in [5, 5.41) is 2.08. The summed E-state index contributed by atoms with van der Waals surface area (Å²) >= 11 is 1.21. The van der Waals surface area contributed by atoms with Crippen LogP contribution in [0.5, 0.6) is 0 Å². The first kappa shape index (κ1) is 20.0. The Labute approximate surface area is 178 Å². The van der Waals surface area contributed by atoms with Crippen LogP contribution in [0.4, 0.5) is 20.9 Å². The average molecular weight is 421 g/mol. The Bertz CT molecular complexity index is 1140. The van der Waals surface area contributed by atoms with Gasteiger partial charge in [-0.25, -0.2) is 9.37 Å². The number of carbonyl (C=O) groups excluding carboxylic acids is 2. The molecule has 0 aliphatic carbocycles. The van der Waals surface area contributed by atoms with Crippen molar-refractivity contribution < 1.29 is 14.0 Å². The molecule has 0 fully saturated rings. The maximum absolute atomic E-state index is 14.2. The number of para-hydroxylation sites is 2. The molecule has 30 heavy (non-hydrogen) atoms. The number of fused-ring (bicyclic) bond motifs is 1. The van der Waals surface area contributed by atoms with Crippen LogP contribution in [0.25, 0.3) is 6.08 Å². The minimum absolute atomic E-state index is 0.0832. The van der Waals surface area contributed by atoms with Crippen LogP contribution in [-0.2, 0) is 16.0 Å². The molecule has 0 N–H and O–H groups in total. The predicted molar refractivity (Wildman–Crippen MR) is 117 cm³/mol. The van der Waals surface area contributed by atoms with E-state index in [2.05, 4.69) is 4.98 Å². The molecule has 1 atom stereocenters. The topological polar surface area (TPSA) is 53.5 Å². The smallest absolute Gasteiger partial charge is 0.251 e. The van der Waals surface area contributed by atoms with Gasteiger partial charge < -0.3 is 4.90 Å². The molecule has 1 aliphatic heterocycles. The highest BCUT2D eigenvalue weighted by Gasteiger charge is 2.29. The van der Waals surface area contributed by atoms with E-state index in [0.717, 1.165) is 17.7 Å². The van der Waals surface area contributed by atoms with E-state index in [1.54, 1.807) is 28.5 Å². The molecule has 0 saturated carbocycles. The third-order valence-corrected chi connectivity index (χ3v) is 5.79. The fourth-order valence-corrected chi connectivity index (χ4v) is 4.48. The molecule has 4 rings (SSSR count). The summed E-state index contributed by atoms with van der Waals surface area (Å²) in [4.78, 5) is 32.4. The van der Waals surface area contributed by atoms with Gasteiger partial charge in [0.15, 0.2) is 5.13 Å². The minimum atomic E-state index is -0.503. The summed E-state index contributed by atoms with van der Waals surface area (Å²) in [6, 6.07) is 14.0. The van der Waals surface area contributed by atoms with E-state index in [1.165, 1.54) is 41.4 Å². The van der Waals surface area contributed by atoms with Gasteiger partial charge >= 0.3 is 0 Å². The van der Waals surface area contributed by atoms with E-state index in [9.17, 15) is 14.0 Å². The van der Waals surface area contributed by atoms with Gasteiger partial charge in [0.1, 0.15) is 5.82 Å². The maximum atomic E-state index is 14.2. The molecule has 2 heterocycles. The normalized spacial score (nSPS) is 15.4. The highest BCUT2D eigenvalue weighted by Crippen LogP contribution is 2.33. The Morgan fingerprint density at radius 1 is 1.20 bits per heavy atom. The number of nitrogens with zero attached hydrogens (tertiary/aromatic N) is 3. The summed E-state index contributed by atoms with van der Waals surface area (Å²) in [5.74, 6) is -0.972. The molecular formula is C23H20FN3O2S. The lowest BCUT2D eigenvalue weighted by atomic mass is 10.1. The van der Waals surface area contributed by atoms with Gasteiger partial charge in [-0.15, -0.1) is 11.3 Å². The van der Waals surface area contributed by atoms with Crippen LogP contribution >= 0.6 is 11.3 Å². The van der Waals surface area contributed by atoms with E-state index in [4.69, 9.17) is 0 Å². The van der Waals surface area contributed by atoms with Crippen molar-refractivity contribution in [1.29, 1.82) is 0 Å². The van der Waals surface area contributed by atoms with E-state index < -0.39 is 5.82 Å². The van der Waals surface area contributed by atoms with Crippen molar-refractivity contribution in [2.24, 2.45) is 0 Å². The van der Waals surface area contributed by atoms with E-state index in [0.29, 0.717) is 10.8 Å². The quantitative estimate of drug-likeness (QED) is 0.560. The number of hydrogen-bond donors (Lipinski definition) is 0. The lowest BCUT2D eigenvalue weighted by Crippen LogP contribution is -2.34. The predicted octanol–water partition coefficient (Wildman–Crippen LogP) is 4.96. The summed E-state index contributed by atoms with van der Waals surface area (Å²) in [7, 11) is 0. The first-order chi connectivity index (χ1) is 14.5. The Kier molecular flexibility index (Phi) is 5.46. The van der Waals surface area contributed by atoms with Crippen LogP contribution in [0, 0.1) is 5.82 Å². The molecule has 1 unspecified atom stereocenters. The van der Waals surface area contributed by atoms with Gasteiger partial charge in [0.2, 0.25) is 5.91 Å². The first-order valence-corrected chi connectivity index (χ1v) is 10.4. The van der Waals surface area contributed by atoms with Crippen LogP contribution in [0.2, 0.25) is 0 Å².